The molecule has 1 aliphatic heterocycles. The van der Waals surface area contributed by atoms with Gasteiger partial charge in [-0.1, -0.05) is 6.92 Å². The summed E-state index contributed by atoms with van der Waals surface area (Å²) in [6.07, 6.45) is 0.841. The van der Waals surface area contributed by atoms with Crippen LogP contribution < -0.4 is 10.2 Å². The first-order chi connectivity index (χ1) is 9.42. The predicted molar refractivity (Wildman–Crippen MR) is 69.6 cm³/mol. The second kappa shape index (κ2) is 6.99. The molecule has 2 N–H and O–H groups in total. The molecule has 1 saturated heterocycles. The first kappa shape index (κ1) is 16.1. The average Bonchev–Trinajstić information content (AvgIpc) is 2.60. The number of hydrogen-bond donors (Lipinski definition) is 2. The molecule has 8 heteroatoms. The summed E-state index contributed by atoms with van der Waals surface area (Å²) >= 11 is 0. The van der Waals surface area contributed by atoms with Gasteiger partial charge in [0, 0.05) is 13.1 Å². The third kappa shape index (κ3) is 3.53. The van der Waals surface area contributed by atoms with Crippen molar-refractivity contribution in [1.82, 2.24) is 15.1 Å². The van der Waals surface area contributed by atoms with Crippen molar-refractivity contribution in [3.8, 4) is 0 Å². The Bertz CT molecular complexity index is 424. The molecule has 5 amide bonds. The van der Waals surface area contributed by atoms with Gasteiger partial charge in [0.25, 0.3) is 5.91 Å². The molecule has 0 radical (unpaired) electrons. The zero-order chi connectivity index (χ0) is 15.3. The minimum absolute atomic E-state index is 0.000544. The van der Waals surface area contributed by atoms with E-state index >= 15 is 0 Å². The Morgan fingerprint density at radius 1 is 1.15 bits per heavy atom. The van der Waals surface area contributed by atoms with Gasteiger partial charge in [0.15, 0.2) is 13.2 Å². The lowest BCUT2D eigenvalue weighted by molar-refractivity contribution is -0.879. The second-order valence-electron chi connectivity index (χ2n) is 4.71. The van der Waals surface area contributed by atoms with Gasteiger partial charge in [-0.25, -0.2) is 9.69 Å². The van der Waals surface area contributed by atoms with Crippen LogP contribution in [-0.4, -0.2) is 66.9 Å². The van der Waals surface area contributed by atoms with Gasteiger partial charge < -0.3 is 10.2 Å². The molecule has 8 nitrogen and oxygen atoms in total. The Morgan fingerprint density at radius 2 is 1.75 bits per heavy atom. The largest absolute Gasteiger partial charge is 0.351 e. The summed E-state index contributed by atoms with van der Waals surface area (Å²) in [5, 5.41) is 2.71. The van der Waals surface area contributed by atoms with E-state index in [-0.39, 0.29) is 25.7 Å². The van der Waals surface area contributed by atoms with E-state index in [0.29, 0.717) is 11.4 Å². The molecule has 0 aromatic carbocycles. The normalized spacial score (nSPS) is 16.9. The van der Waals surface area contributed by atoms with Crippen LogP contribution in [0.25, 0.3) is 0 Å². The molecule has 112 valence electrons. The number of nitrogens with one attached hydrogen (secondary N) is 2. The zero-order valence-electron chi connectivity index (χ0n) is 12.1. The monoisotopic (exact) mass is 285 g/mol. The van der Waals surface area contributed by atoms with Crippen LogP contribution in [-0.2, 0) is 14.4 Å². The maximum atomic E-state index is 11.8. The summed E-state index contributed by atoms with van der Waals surface area (Å²) in [5.74, 6) is -1.78. The van der Waals surface area contributed by atoms with E-state index < -0.39 is 17.8 Å². The van der Waals surface area contributed by atoms with Crippen molar-refractivity contribution < 1.29 is 24.1 Å². The topological polar surface area (TPSA) is 91.2 Å². The van der Waals surface area contributed by atoms with E-state index in [4.69, 9.17) is 0 Å². The highest BCUT2D eigenvalue weighted by Crippen LogP contribution is 2.09. The van der Waals surface area contributed by atoms with Crippen molar-refractivity contribution >= 4 is 23.8 Å². The van der Waals surface area contributed by atoms with Crippen LogP contribution in [0, 0.1) is 0 Å². The third-order valence-electron chi connectivity index (χ3n) is 2.91. The van der Waals surface area contributed by atoms with E-state index in [2.05, 4.69) is 5.32 Å². The van der Waals surface area contributed by atoms with Crippen LogP contribution in [0.15, 0.2) is 0 Å². The maximum Gasteiger partial charge on any atom is 0.338 e. The van der Waals surface area contributed by atoms with E-state index in [0.717, 1.165) is 16.2 Å². The number of rotatable bonds is 7. The highest BCUT2D eigenvalue weighted by atomic mass is 16.2. The van der Waals surface area contributed by atoms with Gasteiger partial charge in [-0.3, -0.25) is 19.3 Å². The molecule has 0 aliphatic carbocycles. The number of carbonyl (C=O) groups is 4. The van der Waals surface area contributed by atoms with Gasteiger partial charge in [-0.15, -0.1) is 0 Å². The van der Waals surface area contributed by atoms with Gasteiger partial charge in [0.05, 0.1) is 7.05 Å². The number of imide groups is 2. The molecule has 1 unspecified atom stereocenters. The van der Waals surface area contributed by atoms with Crippen LogP contribution in [0.1, 0.15) is 20.3 Å². The van der Waals surface area contributed by atoms with Gasteiger partial charge in [-0.2, -0.15) is 0 Å². The van der Waals surface area contributed by atoms with Gasteiger partial charge in [-0.05, 0) is 13.3 Å². The summed E-state index contributed by atoms with van der Waals surface area (Å²) in [6, 6.07) is -0.615. The Balaban J connectivity index is 2.55. The fourth-order valence-electron chi connectivity index (χ4n) is 1.90. The molecule has 0 saturated carbocycles. The molecule has 20 heavy (non-hydrogen) atoms. The Labute approximate surface area is 117 Å². The van der Waals surface area contributed by atoms with Crippen molar-refractivity contribution in [3.05, 3.63) is 0 Å². The minimum atomic E-state index is -0.829. The molecular formula is C12H21N4O4+. The van der Waals surface area contributed by atoms with Crippen LogP contribution >= 0.6 is 0 Å². The summed E-state index contributed by atoms with van der Waals surface area (Å²) in [4.78, 5) is 49.0. The first-order valence-electron chi connectivity index (χ1n) is 6.67. The Kier molecular flexibility index (Phi) is 5.63. The Hall–Kier alpha value is -1.96. The van der Waals surface area contributed by atoms with Crippen molar-refractivity contribution in [1.29, 1.82) is 0 Å². The molecule has 0 aromatic heterocycles. The number of quaternary nitrogens is 1. The lowest BCUT2D eigenvalue weighted by atomic mass is 10.4. The highest BCUT2D eigenvalue weighted by molar-refractivity contribution is 6.44. The number of amides is 5. The lowest BCUT2D eigenvalue weighted by Gasteiger charge is -2.19. The van der Waals surface area contributed by atoms with Crippen LogP contribution in [0.2, 0.25) is 0 Å². The van der Waals surface area contributed by atoms with Gasteiger partial charge >= 0.3 is 17.8 Å². The zero-order valence-corrected chi connectivity index (χ0v) is 12.1. The predicted octanol–water partition coefficient (Wildman–Crippen LogP) is -2.20. The summed E-state index contributed by atoms with van der Waals surface area (Å²) in [5.41, 5.74) is 0. The molecule has 1 fully saturated rings. The number of carbonyl (C=O) groups excluding carboxylic acids is 4. The van der Waals surface area contributed by atoms with E-state index in [9.17, 15) is 19.2 Å². The van der Waals surface area contributed by atoms with Gasteiger partial charge in [0.1, 0.15) is 0 Å². The van der Waals surface area contributed by atoms with Crippen molar-refractivity contribution in [2.24, 2.45) is 0 Å². The summed E-state index contributed by atoms with van der Waals surface area (Å²) in [7, 11) is 1.69. The van der Waals surface area contributed by atoms with Crippen molar-refractivity contribution in [3.63, 3.8) is 0 Å². The molecule has 1 atom stereocenters. The first-order valence-corrected chi connectivity index (χ1v) is 6.67. The number of nitrogens with zero attached hydrogens (tertiary/aromatic N) is 2. The van der Waals surface area contributed by atoms with Crippen molar-refractivity contribution in [2.45, 2.75) is 20.3 Å². The molecule has 1 aliphatic rings. The van der Waals surface area contributed by atoms with Crippen molar-refractivity contribution in [2.75, 3.05) is 33.4 Å². The third-order valence-corrected chi connectivity index (χ3v) is 2.91. The second-order valence-corrected chi connectivity index (χ2v) is 4.71. The van der Waals surface area contributed by atoms with Crippen LogP contribution in [0.3, 0.4) is 0 Å². The minimum Gasteiger partial charge on any atom is -0.351 e. The van der Waals surface area contributed by atoms with E-state index in [1.165, 1.54) is 0 Å². The lowest BCUT2D eigenvalue weighted by Crippen LogP contribution is -3.12. The van der Waals surface area contributed by atoms with E-state index in [1.807, 2.05) is 6.92 Å². The molecule has 0 aromatic rings. The molecule has 1 heterocycles. The maximum absolute atomic E-state index is 11.8. The molecular weight excluding hydrogens is 264 g/mol. The highest BCUT2D eigenvalue weighted by Gasteiger charge is 2.45. The molecule has 0 bridgehead atoms. The fourth-order valence-corrected chi connectivity index (χ4v) is 1.90. The average molecular weight is 285 g/mol. The SMILES string of the molecule is CCCNC(=O)C[NH+](C)CN1C(=O)C(=O)N(CC)C1=O. The number of urea groups is 1. The molecule has 0 spiro atoms. The van der Waals surface area contributed by atoms with Crippen LogP contribution in [0.4, 0.5) is 4.79 Å². The smallest absolute Gasteiger partial charge is 0.338 e. The fraction of sp³-hybridized carbons (Fsp3) is 0.667. The summed E-state index contributed by atoms with van der Waals surface area (Å²) in [6.45, 7) is 4.47. The summed E-state index contributed by atoms with van der Waals surface area (Å²) < 4.78 is 0. The van der Waals surface area contributed by atoms with E-state index in [1.54, 1.807) is 14.0 Å². The Morgan fingerprint density at radius 3 is 2.25 bits per heavy atom. The quantitative estimate of drug-likeness (QED) is 0.410. The van der Waals surface area contributed by atoms with Crippen LogP contribution in [0.5, 0.6) is 0 Å². The molecule has 1 rings (SSSR count). The standard InChI is InChI=1S/C12H20N4O4/c1-4-6-13-9(17)7-14(3)8-16-11(19)10(18)15(5-2)12(16)20/h4-8H2,1-3H3,(H,13,17)/p+1. The van der Waals surface area contributed by atoms with Gasteiger partial charge in [0.2, 0.25) is 0 Å². The number of hydrogen-bond acceptors (Lipinski definition) is 4. The number of likely N-dealkylation sites (N-methyl/N-ethyl adjacent to an activating group) is 2.